The summed E-state index contributed by atoms with van der Waals surface area (Å²) in [6.45, 7) is 1.86. The topological polar surface area (TPSA) is 94.8 Å². The summed E-state index contributed by atoms with van der Waals surface area (Å²) in [5.74, 6) is 0.347. The number of nitrogens with one attached hydrogen (secondary N) is 1. The van der Waals surface area contributed by atoms with Crippen LogP contribution in [0, 0.1) is 6.92 Å². The maximum Gasteiger partial charge on any atom is 0.408 e. The Morgan fingerprint density at radius 3 is 2.65 bits per heavy atom. The molecule has 1 unspecified atom stereocenters. The van der Waals surface area contributed by atoms with E-state index in [1.54, 1.807) is 24.8 Å². The number of carbonyl (C=O) groups excluding carboxylic acids is 2. The third kappa shape index (κ3) is 5.28. The number of rotatable bonds is 8. The standard InChI is InChI=1S/C26H27NO6S/c1-16-22(12-11-19-18-9-6-10-20(18)24(28)33-23(16)19)32-25(29)21(13-14-34-2)27-26(30)31-15-17-7-4-3-5-8-17/h3-5,7-8,11-12,21H,6,9-10,13-15H2,1-2H3,(H,27,30). The summed E-state index contributed by atoms with van der Waals surface area (Å²) >= 11 is 1.56. The summed E-state index contributed by atoms with van der Waals surface area (Å²) in [6.07, 6.45) is 4.11. The van der Waals surface area contributed by atoms with Crippen molar-refractivity contribution in [2.24, 2.45) is 0 Å². The third-order valence-corrected chi connectivity index (χ3v) is 6.59. The number of fused-ring (bicyclic) bond motifs is 3. The number of esters is 1. The Bertz CT molecular complexity index is 1250. The first-order valence-corrected chi connectivity index (χ1v) is 12.6. The molecule has 1 atom stereocenters. The lowest BCUT2D eigenvalue weighted by molar-refractivity contribution is -0.136. The van der Waals surface area contributed by atoms with E-state index in [-0.39, 0.29) is 12.2 Å². The van der Waals surface area contributed by atoms with Crippen LogP contribution in [-0.2, 0) is 29.0 Å². The zero-order chi connectivity index (χ0) is 24.1. The molecular formula is C26H27NO6S. The molecule has 0 saturated heterocycles. The van der Waals surface area contributed by atoms with Gasteiger partial charge < -0.3 is 19.2 Å². The molecule has 1 heterocycles. The van der Waals surface area contributed by atoms with Crippen molar-refractivity contribution in [3.8, 4) is 5.75 Å². The van der Waals surface area contributed by atoms with E-state index in [0.717, 1.165) is 41.3 Å². The zero-order valence-electron chi connectivity index (χ0n) is 19.2. The number of hydrogen-bond acceptors (Lipinski definition) is 7. The second kappa shape index (κ2) is 10.8. The van der Waals surface area contributed by atoms with Crippen LogP contribution in [0.4, 0.5) is 4.79 Å². The van der Waals surface area contributed by atoms with Crippen LogP contribution in [0.25, 0.3) is 11.0 Å². The molecule has 0 bridgehead atoms. The van der Waals surface area contributed by atoms with Crippen LogP contribution in [-0.4, -0.2) is 30.1 Å². The fraction of sp³-hybridized carbons (Fsp3) is 0.346. The lowest BCUT2D eigenvalue weighted by Gasteiger charge is -2.18. The van der Waals surface area contributed by atoms with Crippen molar-refractivity contribution in [2.75, 3.05) is 12.0 Å². The number of benzene rings is 2. The van der Waals surface area contributed by atoms with Crippen LogP contribution < -0.4 is 15.7 Å². The van der Waals surface area contributed by atoms with Gasteiger partial charge in [0.2, 0.25) is 0 Å². The minimum atomic E-state index is -0.877. The summed E-state index contributed by atoms with van der Waals surface area (Å²) in [7, 11) is 0. The molecule has 1 N–H and O–H groups in total. The van der Waals surface area contributed by atoms with E-state index in [4.69, 9.17) is 13.9 Å². The SMILES string of the molecule is CSCCC(NC(=O)OCc1ccccc1)C(=O)Oc1ccc2c3c(c(=O)oc2c1C)CCC3. The zero-order valence-corrected chi connectivity index (χ0v) is 20.0. The Balaban J connectivity index is 1.48. The highest BCUT2D eigenvalue weighted by atomic mass is 32.2. The number of aryl methyl sites for hydroxylation is 2. The Kier molecular flexibility index (Phi) is 7.57. The first-order chi connectivity index (χ1) is 16.5. The van der Waals surface area contributed by atoms with Crippen LogP contribution in [0.2, 0.25) is 0 Å². The average molecular weight is 482 g/mol. The smallest absolute Gasteiger partial charge is 0.408 e. The molecule has 1 aromatic heterocycles. The van der Waals surface area contributed by atoms with Gasteiger partial charge in [-0.1, -0.05) is 30.3 Å². The second-order valence-electron chi connectivity index (χ2n) is 8.23. The van der Waals surface area contributed by atoms with E-state index in [0.29, 0.717) is 29.1 Å². The van der Waals surface area contributed by atoms with Gasteiger partial charge in [-0.3, -0.25) is 0 Å². The minimum absolute atomic E-state index is 0.101. The monoisotopic (exact) mass is 481 g/mol. The summed E-state index contributed by atoms with van der Waals surface area (Å²) < 4.78 is 16.5. The van der Waals surface area contributed by atoms with Crippen LogP contribution in [0.15, 0.2) is 51.7 Å². The Labute approximate surface area is 201 Å². The molecule has 34 heavy (non-hydrogen) atoms. The number of alkyl carbamates (subject to hydrolysis) is 1. The highest BCUT2D eigenvalue weighted by Crippen LogP contribution is 2.33. The number of hydrogen-bond donors (Lipinski definition) is 1. The predicted octanol–water partition coefficient (Wildman–Crippen LogP) is 4.54. The van der Waals surface area contributed by atoms with Crippen LogP contribution in [0.5, 0.6) is 5.75 Å². The molecule has 1 aliphatic rings. The maximum atomic E-state index is 13.0. The normalized spacial score (nSPS) is 13.4. The Morgan fingerprint density at radius 1 is 1.12 bits per heavy atom. The Hall–Kier alpha value is -3.26. The first-order valence-electron chi connectivity index (χ1n) is 11.2. The maximum absolute atomic E-state index is 13.0. The summed E-state index contributed by atoms with van der Waals surface area (Å²) in [5.41, 5.74) is 3.30. The molecule has 0 aliphatic heterocycles. The van der Waals surface area contributed by atoms with Crippen molar-refractivity contribution in [3.05, 3.63) is 75.1 Å². The quantitative estimate of drug-likeness (QED) is 0.287. The van der Waals surface area contributed by atoms with Gasteiger partial charge in [0.25, 0.3) is 0 Å². The van der Waals surface area contributed by atoms with E-state index < -0.39 is 18.1 Å². The number of carbonyl (C=O) groups is 2. The van der Waals surface area contributed by atoms with Crippen LogP contribution in [0.3, 0.4) is 0 Å². The lowest BCUT2D eigenvalue weighted by Crippen LogP contribution is -2.43. The third-order valence-electron chi connectivity index (χ3n) is 5.95. The van der Waals surface area contributed by atoms with Crippen molar-refractivity contribution in [1.29, 1.82) is 0 Å². The second-order valence-corrected chi connectivity index (χ2v) is 9.21. The van der Waals surface area contributed by atoms with Crippen molar-refractivity contribution in [2.45, 2.75) is 45.3 Å². The van der Waals surface area contributed by atoms with E-state index in [1.807, 2.05) is 42.7 Å². The number of ether oxygens (including phenoxy) is 2. The molecule has 178 valence electrons. The van der Waals surface area contributed by atoms with Crippen molar-refractivity contribution in [1.82, 2.24) is 5.32 Å². The van der Waals surface area contributed by atoms with Gasteiger partial charge in [0.1, 0.15) is 24.0 Å². The van der Waals surface area contributed by atoms with Gasteiger partial charge >= 0.3 is 17.7 Å². The van der Waals surface area contributed by atoms with Gasteiger partial charge in [0.05, 0.1) is 0 Å². The number of amides is 1. The van der Waals surface area contributed by atoms with Crippen LogP contribution >= 0.6 is 11.8 Å². The van der Waals surface area contributed by atoms with Gasteiger partial charge in [-0.15, -0.1) is 0 Å². The molecule has 7 nitrogen and oxygen atoms in total. The first kappa shape index (κ1) is 23.9. The summed E-state index contributed by atoms with van der Waals surface area (Å²) in [6, 6.07) is 12.0. The molecule has 0 spiro atoms. The molecule has 0 fully saturated rings. The lowest BCUT2D eigenvalue weighted by atomic mass is 10.0. The van der Waals surface area contributed by atoms with E-state index in [1.165, 1.54) is 0 Å². The van der Waals surface area contributed by atoms with Gasteiger partial charge in [0, 0.05) is 16.5 Å². The number of thioether (sulfide) groups is 1. The van der Waals surface area contributed by atoms with Gasteiger partial charge in [-0.05, 0) is 67.9 Å². The minimum Gasteiger partial charge on any atom is -0.445 e. The highest BCUT2D eigenvalue weighted by Gasteiger charge is 2.26. The van der Waals surface area contributed by atoms with Crippen molar-refractivity contribution in [3.63, 3.8) is 0 Å². The fourth-order valence-electron chi connectivity index (χ4n) is 4.15. The van der Waals surface area contributed by atoms with Crippen molar-refractivity contribution < 1.29 is 23.5 Å². The van der Waals surface area contributed by atoms with Crippen LogP contribution in [0.1, 0.15) is 35.1 Å². The predicted molar refractivity (Wildman–Crippen MR) is 131 cm³/mol. The Morgan fingerprint density at radius 2 is 1.88 bits per heavy atom. The van der Waals surface area contributed by atoms with Crippen molar-refractivity contribution >= 4 is 34.8 Å². The molecule has 0 saturated carbocycles. The summed E-state index contributed by atoms with van der Waals surface area (Å²) in [4.78, 5) is 37.7. The highest BCUT2D eigenvalue weighted by molar-refractivity contribution is 7.98. The average Bonchev–Trinajstić information content (AvgIpc) is 3.34. The fourth-order valence-corrected chi connectivity index (χ4v) is 4.62. The molecule has 0 radical (unpaired) electrons. The molecule has 1 amide bonds. The largest absolute Gasteiger partial charge is 0.445 e. The van der Waals surface area contributed by atoms with E-state index >= 15 is 0 Å². The molecule has 2 aromatic carbocycles. The molecule has 8 heteroatoms. The molecular weight excluding hydrogens is 454 g/mol. The van der Waals surface area contributed by atoms with Gasteiger partial charge in [-0.25, -0.2) is 14.4 Å². The van der Waals surface area contributed by atoms with Gasteiger partial charge in [-0.2, -0.15) is 11.8 Å². The molecule has 4 rings (SSSR count). The van der Waals surface area contributed by atoms with Gasteiger partial charge in [0.15, 0.2) is 0 Å². The van der Waals surface area contributed by atoms with E-state index in [9.17, 15) is 14.4 Å². The summed E-state index contributed by atoms with van der Waals surface area (Å²) in [5, 5.41) is 3.50. The molecule has 1 aliphatic carbocycles. The van der Waals surface area contributed by atoms with E-state index in [2.05, 4.69) is 5.32 Å². The molecule has 3 aromatic rings.